The molecule has 2 N–H and O–H groups in total. The second-order valence-corrected chi connectivity index (χ2v) is 4.05. The molecular formula is C8H16N4. The first-order valence-corrected chi connectivity index (χ1v) is 4.09. The maximum Gasteiger partial charge on any atom is 0.0991 e. The molecule has 0 radical (unpaired) electrons. The Morgan fingerprint density at radius 3 is 2.33 bits per heavy atom. The van der Waals surface area contributed by atoms with E-state index < -0.39 is 0 Å². The Morgan fingerprint density at radius 2 is 2.08 bits per heavy atom. The van der Waals surface area contributed by atoms with Gasteiger partial charge in [-0.1, -0.05) is 5.21 Å². The fourth-order valence-electron chi connectivity index (χ4n) is 0.813. The Morgan fingerprint density at radius 1 is 1.50 bits per heavy atom. The third kappa shape index (κ3) is 1.82. The van der Waals surface area contributed by atoms with E-state index in [0.29, 0.717) is 0 Å². The summed E-state index contributed by atoms with van der Waals surface area (Å²) in [5, 5.41) is 7.97. The first kappa shape index (κ1) is 9.19. The Balaban J connectivity index is 2.92. The van der Waals surface area contributed by atoms with Crippen LogP contribution in [0.2, 0.25) is 0 Å². The zero-order chi connectivity index (χ0) is 9.35. The molecule has 68 valence electrons. The zero-order valence-electron chi connectivity index (χ0n) is 8.07. The largest absolute Gasteiger partial charge is 0.323 e. The van der Waals surface area contributed by atoms with E-state index in [-0.39, 0.29) is 11.6 Å². The molecule has 0 saturated carbocycles. The lowest BCUT2D eigenvalue weighted by molar-refractivity contribution is 0.347. The number of nitrogens with two attached hydrogens (primary N) is 1. The molecule has 1 aromatic rings. The molecule has 1 rings (SSSR count). The van der Waals surface area contributed by atoms with Gasteiger partial charge in [-0.15, -0.1) is 5.10 Å². The van der Waals surface area contributed by atoms with Crippen molar-refractivity contribution in [1.82, 2.24) is 15.0 Å². The van der Waals surface area contributed by atoms with Gasteiger partial charge >= 0.3 is 0 Å². The standard InChI is InChI=1S/C8H16N4/c1-6(9)7-5-12(11-10-7)8(2,3)4/h5-6H,9H2,1-4H3/t6-/m0/s1. The summed E-state index contributed by atoms with van der Waals surface area (Å²) < 4.78 is 1.83. The minimum Gasteiger partial charge on any atom is -0.323 e. The molecule has 0 saturated heterocycles. The molecule has 1 atom stereocenters. The summed E-state index contributed by atoms with van der Waals surface area (Å²) in [6.45, 7) is 8.13. The molecule has 4 nitrogen and oxygen atoms in total. The molecule has 0 aromatic carbocycles. The predicted octanol–water partition coefficient (Wildman–Crippen LogP) is 1.05. The summed E-state index contributed by atoms with van der Waals surface area (Å²) in [7, 11) is 0. The maximum absolute atomic E-state index is 5.65. The van der Waals surface area contributed by atoms with Crippen molar-refractivity contribution in [3.05, 3.63) is 11.9 Å². The maximum atomic E-state index is 5.65. The minimum absolute atomic E-state index is 0.0137. The van der Waals surface area contributed by atoms with Gasteiger partial charge in [0.15, 0.2) is 0 Å². The van der Waals surface area contributed by atoms with Crippen LogP contribution in [0.1, 0.15) is 39.4 Å². The van der Waals surface area contributed by atoms with Gasteiger partial charge in [0.1, 0.15) is 0 Å². The van der Waals surface area contributed by atoms with Crippen molar-refractivity contribution >= 4 is 0 Å². The van der Waals surface area contributed by atoms with E-state index in [0.717, 1.165) is 5.69 Å². The number of aromatic nitrogens is 3. The second-order valence-electron chi connectivity index (χ2n) is 4.05. The first-order valence-electron chi connectivity index (χ1n) is 4.09. The Labute approximate surface area is 72.8 Å². The lowest BCUT2D eigenvalue weighted by Crippen LogP contribution is -2.22. The van der Waals surface area contributed by atoms with Crippen molar-refractivity contribution in [3.8, 4) is 0 Å². The monoisotopic (exact) mass is 168 g/mol. The molecule has 0 aliphatic carbocycles. The van der Waals surface area contributed by atoms with Crippen LogP contribution in [0.5, 0.6) is 0 Å². The lowest BCUT2D eigenvalue weighted by Gasteiger charge is -2.17. The molecule has 0 unspecified atom stereocenters. The quantitative estimate of drug-likeness (QED) is 0.682. The molecule has 1 heterocycles. The van der Waals surface area contributed by atoms with Gasteiger partial charge in [0.05, 0.1) is 17.4 Å². The van der Waals surface area contributed by atoms with Crippen molar-refractivity contribution in [1.29, 1.82) is 0 Å². The van der Waals surface area contributed by atoms with Gasteiger partial charge in [-0.25, -0.2) is 4.68 Å². The highest BCUT2D eigenvalue weighted by Gasteiger charge is 2.15. The van der Waals surface area contributed by atoms with Gasteiger partial charge in [0, 0.05) is 6.04 Å². The second kappa shape index (κ2) is 2.86. The van der Waals surface area contributed by atoms with Gasteiger partial charge < -0.3 is 5.73 Å². The van der Waals surface area contributed by atoms with Crippen LogP contribution in [-0.2, 0) is 5.54 Å². The molecule has 0 bridgehead atoms. The summed E-state index contributed by atoms with van der Waals surface area (Å²) in [6.07, 6.45) is 1.89. The van der Waals surface area contributed by atoms with E-state index in [9.17, 15) is 0 Å². The van der Waals surface area contributed by atoms with E-state index in [2.05, 4.69) is 31.1 Å². The van der Waals surface area contributed by atoms with Gasteiger partial charge in [-0.3, -0.25) is 0 Å². The normalized spacial score (nSPS) is 14.8. The van der Waals surface area contributed by atoms with Crippen LogP contribution in [0.25, 0.3) is 0 Å². The number of hydrogen-bond acceptors (Lipinski definition) is 3. The van der Waals surface area contributed by atoms with Crippen molar-refractivity contribution < 1.29 is 0 Å². The van der Waals surface area contributed by atoms with E-state index >= 15 is 0 Å². The summed E-state index contributed by atoms with van der Waals surface area (Å²) in [6, 6.07) is -0.0406. The SMILES string of the molecule is C[C@H](N)c1cn(C(C)(C)C)nn1. The molecule has 4 heteroatoms. The van der Waals surface area contributed by atoms with Crippen molar-refractivity contribution in [2.75, 3.05) is 0 Å². The van der Waals surface area contributed by atoms with Gasteiger partial charge in [0.2, 0.25) is 0 Å². The molecule has 0 amide bonds. The fraction of sp³-hybridized carbons (Fsp3) is 0.750. The van der Waals surface area contributed by atoms with Gasteiger partial charge in [-0.05, 0) is 27.7 Å². The highest BCUT2D eigenvalue weighted by atomic mass is 15.4. The molecule has 0 spiro atoms. The van der Waals surface area contributed by atoms with E-state index in [1.165, 1.54) is 0 Å². The first-order chi connectivity index (χ1) is 5.41. The lowest BCUT2D eigenvalue weighted by atomic mass is 10.1. The molecule has 0 aliphatic heterocycles. The smallest absolute Gasteiger partial charge is 0.0991 e. The van der Waals surface area contributed by atoms with E-state index in [1.54, 1.807) is 0 Å². The van der Waals surface area contributed by atoms with Gasteiger partial charge in [0.25, 0.3) is 0 Å². The van der Waals surface area contributed by atoms with Crippen LogP contribution >= 0.6 is 0 Å². The van der Waals surface area contributed by atoms with Gasteiger partial charge in [-0.2, -0.15) is 0 Å². The average Bonchev–Trinajstić information content (AvgIpc) is 2.30. The summed E-state index contributed by atoms with van der Waals surface area (Å²) in [5.41, 5.74) is 6.48. The predicted molar refractivity (Wildman–Crippen MR) is 47.6 cm³/mol. The number of hydrogen-bond donors (Lipinski definition) is 1. The number of nitrogens with zero attached hydrogens (tertiary/aromatic N) is 3. The van der Waals surface area contributed by atoms with Crippen LogP contribution in [0.15, 0.2) is 6.20 Å². The van der Waals surface area contributed by atoms with E-state index in [1.807, 2.05) is 17.8 Å². The highest BCUT2D eigenvalue weighted by molar-refractivity contribution is 4.99. The van der Waals surface area contributed by atoms with Crippen LogP contribution in [0.3, 0.4) is 0 Å². The van der Waals surface area contributed by atoms with Crippen LogP contribution in [0, 0.1) is 0 Å². The Hall–Kier alpha value is -0.900. The van der Waals surface area contributed by atoms with Crippen molar-refractivity contribution in [3.63, 3.8) is 0 Å². The third-order valence-electron chi connectivity index (χ3n) is 1.66. The molecule has 1 aromatic heterocycles. The Kier molecular flexibility index (Phi) is 2.19. The van der Waals surface area contributed by atoms with Crippen LogP contribution in [-0.4, -0.2) is 15.0 Å². The third-order valence-corrected chi connectivity index (χ3v) is 1.66. The zero-order valence-corrected chi connectivity index (χ0v) is 8.07. The molecule has 0 fully saturated rings. The Bertz CT molecular complexity index is 256. The molecule has 12 heavy (non-hydrogen) atoms. The average molecular weight is 168 g/mol. The van der Waals surface area contributed by atoms with Crippen LogP contribution < -0.4 is 5.73 Å². The molecule has 0 aliphatic rings. The highest BCUT2D eigenvalue weighted by Crippen LogP contribution is 2.13. The van der Waals surface area contributed by atoms with Crippen molar-refractivity contribution in [2.24, 2.45) is 5.73 Å². The fourth-order valence-corrected chi connectivity index (χ4v) is 0.813. The summed E-state index contributed by atoms with van der Waals surface area (Å²) in [4.78, 5) is 0. The number of rotatable bonds is 1. The minimum atomic E-state index is -0.0406. The van der Waals surface area contributed by atoms with Crippen molar-refractivity contribution in [2.45, 2.75) is 39.3 Å². The molecular weight excluding hydrogens is 152 g/mol. The van der Waals surface area contributed by atoms with E-state index in [4.69, 9.17) is 5.73 Å². The summed E-state index contributed by atoms with van der Waals surface area (Å²) >= 11 is 0. The summed E-state index contributed by atoms with van der Waals surface area (Å²) in [5.74, 6) is 0. The topological polar surface area (TPSA) is 56.7 Å². The van der Waals surface area contributed by atoms with Crippen LogP contribution in [0.4, 0.5) is 0 Å².